The van der Waals surface area contributed by atoms with Crippen molar-refractivity contribution in [3.05, 3.63) is 112 Å². The van der Waals surface area contributed by atoms with Crippen molar-refractivity contribution in [1.82, 2.24) is 4.90 Å². The third-order valence-electron chi connectivity index (χ3n) is 6.22. The summed E-state index contributed by atoms with van der Waals surface area (Å²) in [4.78, 5) is 43.7. The number of carboxylic acids is 1. The van der Waals surface area contributed by atoms with E-state index in [1.165, 1.54) is 35.9 Å². The number of hydrogen-bond acceptors (Lipinski definition) is 8. The van der Waals surface area contributed by atoms with Gasteiger partial charge in [0.1, 0.15) is 17.3 Å². The van der Waals surface area contributed by atoms with Crippen LogP contribution in [0.15, 0.2) is 99.2 Å². The monoisotopic (exact) mass is 568 g/mol. The maximum absolute atomic E-state index is 13.6. The predicted molar refractivity (Wildman–Crippen MR) is 155 cm³/mol. The van der Waals surface area contributed by atoms with Gasteiger partial charge in [0, 0.05) is 11.6 Å². The van der Waals surface area contributed by atoms with Gasteiger partial charge in [-0.25, -0.2) is 14.6 Å². The number of furan rings is 1. The smallest absolute Gasteiger partial charge is 0.338 e. The summed E-state index contributed by atoms with van der Waals surface area (Å²) >= 11 is 1.20. The van der Waals surface area contributed by atoms with Crippen molar-refractivity contribution < 1.29 is 33.4 Å². The molecule has 1 N–H and O–H groups in total. The summed E-state index contributed by atoms with van der Waals surface area (Å²) in [5.74, 6) is -0.226. The molecule has 3 aromatic carbocycles. The average molecular weight is 569 g/mol. The number of rotatable bonds is 8. The molecule has 0 atom stereocenters. The first-order chi connectivity index (χ1) is 19.9. The quantitative estimate of drug-likeness (QED) is 0.196. The molecule has 0 spiro atoms. The minimum atomic E-state index is -1.02. The van der Waals surface area contributed by atoms with E-state index < -0.39 is 11.9 Å². The summed E-state index contributed by atoms with van der Waals surface area (Å²) in [6.07, 6.45) is 1.63. The van der Waals surface area contributed by atoms with Crippen molar-refractivity contribution in [2.24, 2.45) is 4.99 Å². The van der Waals surface area contributed by atoms with Crippen LogP contribution in [0.5, 0.6) is 5.75 Å². The van der Waals surface area contributed by atoms with Gasteiger partial charge in [0.15, 0.2) is 5.17 Å². The van der Waals surface area contributed by atoms with Gasteiger partial charge in [-0.05, 0) is 71.9 Å². The van der Waals surface area contributed by atoms with Gasteiger partial charge in [-0.2, -0.15) is 0 Å². The highest BCUT2D eigenvalue weighted by molar-refractivity contribution is 8.18. The van der Waals surface area contributed by atoms with E-state index in [4.69, 9.17) is 18.9 Å². The van der Waals surface area contributed by atoms with E-state index in [0.717, 1.165) is 5.56 Å². The predicted octanol–water partition coefficient (Wildman–Crippen LogP) is 6.24. The molecular formula is C31H24N2O7S. The van der Waals surface area contributed by atoms with Gasteiger partial charge in [0.2, 0.25) is 0 Å². The number of ether oxygens (including phenoxy) is 2. The lowest BCUT2D eigenvalue weighted by Crippen LogP contribution is -2.28. The number of methoxy groups -OCH3 is 2. The normalized spacial score (nSPS) is 15.0. The van der Waals surface area contributed by atoms with E-state index in [-0.39, 0.29) is 18.0 Å². The van der Waals surface area contributed by atoms with E-state index >= 15 is 0 Å². The van der Waals surface area contributed by atoms with Gasteiger partial charge in [0.25, 0.3) is 5.91 Å². The van der Waals surface area contributed by atoms with Crippen LogP contribution in [0, 0.1) is 0 Å². The molecule has 41 heavy (non-hydrogen) atoms. The molecule has 1 aromatic heterocycles. The number of aromatic carboxylic acids is 1. The lowest BCUT2D eigenvalue weighted by atomic mass is 10.1. The summed E-state index contributed by atoms with van der Waals surface area (Å²) in [5, 5.41) is 9.67. The van der Waals surface area contributed by atoms with Gasteiger partial charge < -0.3 is 19.0 Å². The molecule has 0 bridgehead atoms. The molecule has 9 nitrogen and oxygen atoms in total. The van der Waals surface area contributed by atoms with Gasteiger partial charge in [-0.15, -0.1) is 0 Å². The van der Waals surface area contributed by atoms with Crippen LogP contribution in [0.25, 0.3) is 17.4 Å². The molecule has 0 unspecified atom stereocenters. The summed E-state index contributed by atoms with van der Waals surface area (Å²) in [6, 6.07) is 23.9. The fourth-order valence-electron chi connectivity index (χ4n) is 4.12. The topological polar surface area (TPSA) is 119 Å². The third kappa shape index (κ3) is 6.07. The van der Waals surface area contributed by atoms with Crippen LogP contribution in [0.2, 0.25) is 0 Å². The summed E-state index contributed by atoms with van der Waals surface area (Å²) < 4.78 is 16.1. The lowest BCUT2D eigenvalue weighted by Gasteiger charge is -2.16. The van der Waals surface area contributed by atoms with Gasteiger partial charge in [-0.3, -0.25) is 9.69 Å². The summed E-state index contributed by atoms with van der Waals surface area (Å²) in [5.41, 5.74) is 2.47. The minimum absolute atomic E-state index is 0.158. The molecule has 10 heteroatoms. The lowest BCUT2D eigenvalue weighted by molar-refractivity contribution is -0.122. The number of aliphatic imine (C=N–C) groups is 1. The zero-order chi connectivity index (χ0) is 28.9. The van der Waals surface area contributed by atoms with Gasteiger partial charge in [0.05, 0.1) is 42.5 Å². The Labute approximate surface area is 239 Å². The fraction of sp³-hybridized carbons (Fsp3) is 0.0968. The van der Waals surface area contributed by atoms with E-state index in [2.05, 4.69) is 0 Å². The zero-order valence-electron chi connectivity index (χ0n) is 22.1. The Morgan fingerprint density at radius 2 is 1.71 bits per heavy atom. The number of nitrogens with zero attached hydrogens (tertiary/aromatic N) is 2. The van der Waals surface area contributed by atoms with E-state index in [1.54, 1.807) is 86.0 Å². The van der Waals surface area contributed by atoms with Crippen LogP contribution >= 0.6 is 11.8 Å². The third-order valence-corrected chi connectivity index (χ3v) is 7.23. The zero-order valence-corrected chi connectivity index (χ0v) is 22.9. The number of esters is 1. The molecule has 4 aromatic rings. The second kappa shape index (κ2) is 12.0. The first-order valence-electron chi connectivity index (χ1n) is 12.4. The Morgan fingerprint density at radius 1 is 0.976 bits per heavy atom. The van der Waals surface area contributed by atoms with Crippen LogP contribution < -0.4 is 4.74 Å². The maximum atomic E-state index is 13.6. The Kier molecular flexibility index (Phi) is 8.02. The number of carbonyl (C=O) groups is 3. The van der Waals surface area contributed by atoms with Gasteiger partial charge in [-0.1, -0.05) is 30.3 Å². The van der Waals surface area contributed by atoms with Crippen molar-refractivity contribution in [3.63, 3.8) is 0 Å². The summed E-state index contributed by atoms with van der Waals surface area (Å²) in [7, 11) is 2.90. The van der Waals surface area contributed by atoms with Crippen LogP contribution in [0.1, 0.15) is 32.0 Å². The van der Waals surface area contributed by atoms with Crippen molar-refractivity contribution in [1.29, 1.82) is 0 Å². The molecule has 1 amide bonds. The number of carbonyl (C=O) groups excluding carboxylic acids is 2. The Morgan fingerprint density at radius 3 is 2.39 bits per heavy atom. The molecule has 5 rings (SSSR count). The number of amidine groups is 1. The Balaban J connectivity index is 1.47. The largest absolute Gasteiger partial charge is 0.497 e. The van der Waals surface area contributed by atoms with Crippen LogP contribution in [0.3, 0.4) is 0 Å². The number of benzene rings is 3. The number of amides is 1. The van der Waals surface area contributed by atoms with Crippen molar-refractivity contribution in [2.75, 3.05) is 14.2 Å². The number of hydrogen-bond donors (Lipinski definition) is 1. The Bertz CT molecular complexity index is 1670. The highest BCUT2D eigenvalue weighted by atomic mass is 32.2. The molecule has 206 valence electrons. The Hall–Kier alpha value is -5.09. The van der Waals surface area contributed by atoms with Gasteiger partial charge >= 0.3 is 11.9 Å². The molecule has 1 aliphatic rings. The second-order valence-corrected chi connectivity index (χ2v) is 9.84. The standard InChI is InChI=1S/C31H24N2O7S/c1-38-22-13-11-21(12-14-22)32-31-33(18-19-7-9-20(10-8-19)29(35)36)28(34)27(41-31)17-23-15-16-26(40-23)24-5-3-4-6-25(24)30(37)39-2/h3-17H,18H2,1-2H3,(H,35,36)/b27-17-,32-31?. The van der Waals surface area contributed by atoms with E-state index in [0.29, 0.717) is 44.2 Å². The van der Waals surface area contributed by atoms with Crippen molar-refractivity contribution in [2.45, 2.75) is 6.54 Å². The molecule has 1 aliphatic heterocycles. The molecule has 1 fully saturated rings. The summed E-state index contributed by atoms with van der Waals surface area (Å²) in [6.45, 7) is 0.188. The maximum Gasteiger partial charge on any atom is 0.338 e. The van der Waals surface area contributed by atoms with E-state index in [9.17, 15) is 19.5 Å². The molecule has 0 radical (unpaired) electrons. The number of thioether (sulfide) groups is 1. The van der Waals surface area contributed by atoms with E-state index in [1.807, 2.05) is 0 Å². The fourth-order valence-corrected chi connectivity index (χ4v) is 5.10. The van der Waals surface area contributed by atoms with Crippen molar-refractivity contribution in [3.8, 4) is 17.1 Å². The molecular weight excluding hydrogens is 544 g/mol. The first-order valence-corrected chi connectivity index (χ1v) is 13.2. The van der Waals surface area contributed by atoms with Crippen molar-refractivity contribution >= 4 is 46.5 Å². The molecule has 1 saturated heterocycles. The molecule has 2 heterocycles. The van der Waals surface area contributed by atoms with Crippen LogP contribution in [0.4, 0.5) is 5.69 Å². The minimum Gasteiger partial charge on any atom is -0.497 e. The average Bonchev–Trinajstić information content (AvgIpc) is 3.58. The second-order valence-electron chi connectivity index (χ2n) is 8.84. The van der Waals surface area contributed by atoms with Crippen LogP contribution in [-0.2, 0) is 16.1 Å². The highest BCUT2D eigenvalue weighted by Crippen LogP contribution is 2.36. The van der Waals surface area contributed by atoms with Crippen LogP contribution in [-0.4, -0.2) is 47.2 Å². The SMILES string of the molecule is COC(=O)c1ccccc1-c1ccc(/C=C2\SC(=Nc3ccc(OC)cc3)N(Cc3ccc(C(=O)O)cc3)C2=O)o1. The number of carboxylic acid groups (broad SMARTS) is 1. The highest BCUT2D eigenvalue weighted by Gasteiger charge is 2.34. The first kappa shape index (κ1) is 27.5. The molecule has 0 aliphatic carbocycles. The molecule has 0 saturated carbocycles.